The quantitative estimate of drug-likeness (QED) is 0.854. The molecule has 4 nitrogen and oxygen atoms in total. The first kappa shape index (κ1) is 15.0. The Balaban J connectivity index is 2.18. The molecule has 0 spiro atoms. The lowest BCUT2D eigenvalue weighted by molar-refractivity contribution is -0.139. The molecule has 1 unspecified atom stereocenters. The fourth-order valence-electron chi connectivity index (χ4n) is 2.11. The van der Waals surface area contributed by atoms with Crippen molar-refractivity contribution in [3.8, 4) is 0 Å². The van der Waals surface area contributed by atoms with Gasteiger partial charge in [0.15, 0.2) is 0 Å². The monoisotopic (exact) mass is 286 g/mol. The van der Waals surface area contributed by atoms with E-state index >= 15 is 0 Å². The fraction of sp³-hybridized carbons (Fsp3) is 0.294. The van der Waals surface area contributed by atoms with Crippen LogP contribution in [0.3, 0.4) is 0 Å². The molecule has 0 bridgehead atoms. The van der Waals surface area contributed by atoms with Crippen molar-refractivity contribution in [3.05, 3.63) is 48.0 Å². The SMILES string of the molecule is CC(C)C(CC(=O)O)OC(=O)c1ccc2ccccc2c1. The minimum atomic E-state index is -0.972. The zero-order valence-electron chi connectivity index (χ0n) is 12.1. The average molecular weight is 286 g/mol. The van der Waals surface area contributed by atoms with Gasteiger partial charge in [0.25, 0.3) is 0 Å². The van der Waals surface area contributed by atoms with Crippen LogP contribution in [-0.2, 0) is 9.53 Å². The zero-order chi connectivity index (χ0) is 15.4. The Morgan fingerprint density at radius 1 is 1.10 bits per heavy atom. The van der Waals surface area contributed by atoms with E-state index in [1.165, 1.54) is 0 Å². The molecule has 2 rings (SSSR count). The molecule has 0 aliphatic carbocycles. The lowest BCUT2D eigenvalue weighted by Gasteiger charge is -2.19. The average Bonchev–Trinajstić information content (AvgIpc) is 2.45. The van der Waals surface area contributed by atoms with Gasteiger partial charge in [0.2, 0.25) is 0 Å². The van der Waals surface area contributed by atoms with E-state index < -0.39 is 18.0 Å². The van der Waals surface area contributed by atoms with E-state index in [2.05, 4.69) is 0 Å². The lowest BCUT2D eigenvalue weighted by Crippen LogP contribution is -2.26. The number of benzene rings is 2. The molecule has 2 aromatic rings. The molecule has 0 radical (unpaired) electrons. The highest BCUT2D eigenvalue weighted by Gasteiger charge is 2.22. The minimum absolute atomic E-state index is 0.0505. The van der Waals surface area contributed by atoms with Crippen molar-refractivity contribution < 1.29 is 19.4 Å². The summed E-state index contributed by atoms with van der Waals surface area (Å²) >= 11 is 0. The minimum Gasteiger partial charge on any atom is -0.481 e. The molecule has 0 aliphatic heterocycles. The highest BCUT2D eigenvalue weighted by molar-refractivity contribution is 5.95. The summed E-state index contributed by atoms with van der Waals surface area (Å²) in [7, 11) is 0. The highest BCUT2D eigenvalue weighted by Crippen LogP contribution is 2.18. The van der Waals surface area contributed by atoms with Crippen molar-refractivity contribution in [2.24, 2.45) is 5.92 Å². The van der Waals surface area contributed by atoms with E-state index in [1.54, 1.807) is 12.1 Å². The third-order valence-corrected chi connectivity index (χ3v) is 3.36. The smallest absolute Gasteiger partial charge is 0.338 e. The fourth-order valence-corrected chi connectivity index (χ4v) is 2.11. The van der Waals surface area contributed by atoms with Gasteiger partial charge in [-0.25, -0.2) is 4.79 Å². The van der Waals surface area contributed by atoms with Gasteiger partial charge in [0, 0.05) is 0 Å². The first-order chi connectivity index (χ1) is 9.97. The number of esters is 1. The first-order valence-corrected chi connectivity index (χ1v) is 6.89. The third kappa shape index (κ3) is 3.81. The maximum atomic E-state index is 12.2. The normalized spacial score (nSPS) is 12.3. The second-order valence-corrected chi connectivity index (χ2v) is 5.35. The molecule has 1 atom stereocenters. The van der Waals surface area contributed by atoms with E-state index in [4.69, 9.17) is 9.84 Å². The van der Waals surface area contributed by atoms with Crippen molar-refractivity contribution in [2.45, 2.75) is 26.4 Å². The number of ether oxygens (including phenoxy) is 1. The van der Waals surface area contributed by atoms with Crippen LogP contribution in [0.2, 0.25) is 0 Å². The van der Waals surface area contributed by atoms with Crippen LogP contribution in [0.25, 0.3) is 10.8 Å². The predicted molar refractivity (Wildman–Crippen MR) is 80.2 cm³/mol. The van der Waals surface area contributed by atoms with Crippen LogP contribution in [0.5, 0.6) is 0 Å². The maximum absolute atomic E-state index is 12.2. The van der Waals surface area contributed by atoms with Gasteiger partial charge in [-0.2, -0.15) is 0 Å². The lowest BCUT2D eigenvalue weighted by atomic mass is 10.0. The van der Waals surface area contributed by atoms with E-state index in [0.717, 1.165) is 10.8 Å². The van der Waals surface area contributed by atoms with Crippen LogP contribution < -0.4 is 0 Å². The Morgan fingerprint density at radius 2 is 1.76 bits per heavy atom. The molecule has 4 heteroatoms. The van der Waals surface area contributed by atoms with Gasteiger partial charge in [-0.1, -0.05) is 44.2 Å². The van der Waals surface area contributed by atoms with Gasteiger partial charge in [-0.05, 0) is 28.8 Å². The molecule has 0 saturated heterocycles. The van der Waals surface area contributed by atoms with Gasteiger partial charge in [0.05, 0.1) is 12.0 Å². The molecular weight excluding hydrogens is 268 g/mol. The van der Waals surface area contributed by atoms with Gasteiger partial charge in [-0.15, -0.1) is 0 Å². The molecular formula is C17H18O4. The Hall–Kier alpha value is -2.36. The van der Waals surface area contributed by atoms with Gasteiger partial charge in [-0.3, -0.25) is 4.79 Å². The summed E-state index contributed by atoms with van der Waals surface area (Å²) < 4.78 is 5.34. The van der Waals surface area contributed by atoms with Crippen molar-refractivity contribution in [2.75, 3.05) is 0 Å². The van der Waals surface area contributed by atoms with Crippen molar-refractivity contribution >= 4 is 22.7 Å². The molecule has 1 N–H and O–H groups in total. The number of hydrogen-bond acceptors (Lipinski definition) is 3. The van der Waals surface area contributed by atoms with Crippen molar-refractivity contribution in [1.82, 2.24) is 0 Å². The maximum Gasteiger partial charge on any atom is 0.338 e. The number of rotatable bonds is 5. The van der Waals surface area contributed by atoms with E-state index in [1.807, 2.05) is 44.2 Å². The third-order valence-electron chi connectivity index (χ3n) is 3.36. The molecule has 2 aromatic carbocycles. The number of carboxylic acids is 1. The van der Waals surface area contributed by atoms with Crippen LogP contribution in [-0.4, -0.2) is 23.1 Å². The predicted octanol–water partition coefficient (Wildman–Crippen LogP) is 3.50. The molecule has 110 valence electrons. The van der Waals surface area contributed by atoms with Crippen molar-refractivity contribution in [3.63, 3.8) is 0 Å². The summed E-state index contributed by atoms with van der Waals surface area (Å²) in [6, 6.07) is 13.0. The van der Waals surface area contributed by atoms with E-state index in [0.29, 0.717) is 5.56 Å². The number of aliphatic carboxylic acids is 1. The number of carbonyl (C=O) groups excluding carboxylic acids is 1. The number of hydrogen-bond donors (Lipinski definition) is 1. The van der Waals surface area contributed by atoms with Crippen LogP contribution in [0.4, 0.5) is 0 Å². The van der Waals surface area contributed by atoms with Crippen molar-refractivity contribution in [1.29, 1.82) is 0 Å². The summed E-state index contributed by atoms with van der Waals surface area (Å²) in [6.45, 7) is 3.67. The zero-order valence-corrected chi connectivity index (χ0v) is 12.1. The summed E-state index contributed by atoms with van der Waals surface area (Å²) in [5.74, 6) is -1.51. The molecule has 0 fully saturated rings. The molecule has 0 aromatic heterocycles. The molecule has 0 aliphatic rings. The van der Waals surface area contributed by atoms with Gasteiger partial charge >= 0.3 is 11.9 Å². The number of carbonyl (C=O) groups is 2. The second-order valence-electron chi connectivity index (χ2n) is 5.35. The van der Waals surface area contributed by atoms with Crippen LogP contribution in [0.1, 0.15) is 30.6 Å². The number of carboxylic acid groups (broad SMARTS) is 1. The molecule has 0 saturated carbocycles. The van der Waals surface area contributed by atoms with Crippen LogP contribution >= 0.6 is 0 Å². The second kappa shape index (κ2) is 6.39. The number of fused-ring (bicyclic) bond motifs is 1. The summed E-state index contributed by atoms with van der Waals surface area (Å²) in [6.07, 6.45) is -0.807. The Morgan fingerprint density at radius 3 is 2.38 bits per heavy atom. The Kier molecular flexibility index (Phi) is 4.58. The Bertz CT molecular complexity index is 661. The highest BCUT2D eigenvalue weighted by atomic mass is 16.5. The molecule has 0 heterocycles. The van der Waals surface area contributed by atoms with Crippen LogP contribution in [0, 0.1) is 5.92 Å². The first-order valence-electron chi connectivity index (χ1n) is 6.89. The standard InChI is InChI=1S/C17H18O4/c1-11(2)15(10-16(18)19)21-17(20)14-8-7-12-5-3-4-6-13(12)9-14/h3-9,11,15H,10H2,1-2H3,(H,18,19). The van der Waals surface area contributed by atoms with Gasteiger partial charge in [0.1, 0.15) is 6.10 Å². The summed E-state index contributed by atoms with van der Waals surface area (Å²) in [5, 5.41) is 10.9. The van der Waals surface area contributed by atoms with E-state index in [-0.39, 0.29) is 12.3 Å². The Labute approximate surface area is 123 Å². The molecule has 21 heavy (non-hydrogen) atoms. The van der Waals surface area contributed by atoms with Crippen LogP contribution in [0.15, 0.2) is 42.5 Å². The van der Waals surface area contributed by atoms with Gasteiger partial charge < -0.3 is 9.84 Å². The molecule has 0 amide bonds. The summed E-state index contributed by atoms with van der Waals surface area (Å²) in [5.41, 5.74) is 0.435. The summed E-state index contributed by atoms with van der Waals surface area (Å²) in [4.78, 5) is 23.0. The topological polar surface area (TPSA) is 63.6 Å². The van der Waals surface area contributed by atoms with E-state index in [9.17, 15) is 9.59 Å². The largest absolute Gasteiger partial charge is 0.481 e.